The van der Waals surface area contributed by atoms with Gasteiger partial charge < -0.3 is 10.5 Å². The van der Waals surface area contributed by atoms with E-state index < -0.39 is 0 Å². The third kappa shape index (κ3) is 4.44. The Bertz CT molecular complexity index is 141. The predicted octanol–water partition coefficient (Wildman–Crippen LogP) is 2.24. The van der Waals surface area contributed by atoms with Gasteiger partial charge in [0.2, 0.25) is 0 Å². The van der Waals surface area contributed by atoms with Gasteiger partial charge in [-0.2, -0.15) is 0 Å². The van der Waals surface area contributed by atoms with Gasteiger partial charge in [-0.15, -0.1) is 6.58 Å². The molecule has 0 aliphatic carbocycles. The second-order valence-corrected chi connectivity index (χ2v) is 3.85. The van der Waals surface area contributed by atoms with Crippen LogP contribution < -0.4 is 5.73 Å². The molecule has 1 rings (SSSR count). The lowest BCUT2D eigenvalue weighted by Gasteiger charge is -2.23. The predicted molar refractivity (Wildman–Crippen MR) is 55.6 cm³/mol. The summed E-state index contributed by atoms with van der Waals surface area (Å²) < 4.78 is 5.63. The summed E-state index contributed by atoms with van der Waals surface area (Å²) in [7, 11) is 0. The second-order valence-electron chi connectivity index (χ2n) is 3.85. The smallest absolute Gasteiger partial charge is 0.0575 e. The standard InChI is InChI=1S/C11H21NO/c1-2-5-10(12)7-8-11-6-3-4-9-13-11/h2,10-11H,1,3-9,12H2. The van der Waals surface area contributed by atoms with Gasteiger partial charge in [0.15, 0.2) is 0 Å². The average molecular weight is 183 g/mol. The molecular formula is C11H21NO. The molecule has 1 aliphatic rings. The summed E-state index contributed by atoms with van der Waals surface area (Å²) in [4.78, 5) is 0. The zero-order valence-corrected chi connectivity index (χ0v) is 8.37. The van der Waals surface area contributed by atoms with Crippen LogP contribution in [0.15, 0.2) is 12.7 Å². The van der Waals surface area contributed by atoms with E-state index in [0.717, 1.165) is 25.9 Å². The van der Waals surface area contributed by atoms with Crippen LogP contribution in [0.5, 0.6) is 0 Å². The summed E-state index contributed by atoms with van der Waals surface area (Å²) in [5, 5.41) is 0. The van der Waals surface area contributed by atoms with Crippen molar-refractivity contribution in [2.24, 2.45) is 5.73 Å². The zero-order valence-electron chi connectivity index (χ0n) is 8.37. The van der Waals surface area contributed by atoms with Crippen LogP contribution in [-0.4, -0.2) is 18.8 Å². The van der Waals surface area contributed by atoms with Crippen molar-refractivity contribution in [1.82, 2.24) is 0 Å². The van der Waals surface area contributed by atoms with Crippen molar-refractivity contribution >= 4 is 0 Å². The molecule has 2 atom stereocenters. The molecule has 1 aliphatic heterocycles. The normalized spacial score (nSPS) is 25.5. The number of hydrogen-bond acceptors (Lipinski definition) is 2. The number of hydrogen-bond donors (Lipinski definition) is 1. The summed E-state index contributed by atoms with van der Waals surface area (Å²) in [6, 6.07) is 0.281. The molecule has 0 aromatic carbocycles. The molecule has 1 fully saturated rings. The molecule has 1 heterocycles. The van der Waals surface area contributed by atoms with Gasteiger partial charge in [0, 0.05) is 12.6 Å². The topological polar surface area (TPSA) is 35.2 Å². The highest BCUT2D eigenvalue weighted by molar-refractivity contribution is 4.76. The van der Waals surface area contributed by atoms with Gasteiger partial charge in [0.25, 0.3) is 0 Å². The van der Waals surface area contributed by atoms with Gasteiger partial charge in [-0.25, -0.2) is 0 Å². The van der Waals surface area contributed by atoms with Crippen LogP contribution in [0.3, 0.4) is 0 Å². The number of ether oxygens (including phenoxy) is 1. The minimum Gasteiger partial charge on any atom is -0.378 e. The molecular weight excluding hydrogens is 162 g/mol. The third-order valence-corrected chi connectivity index (χ3v) is 2.60. The van der Waals surface area contributed by atoms with Crippen molar-refractivity contribution in [3.63, 3.8) is 0 Å². The van der Waals surface area contributed by atoms with E-state index in [1.807, 2.05) is 6.08 Å². The Balaban J connectivity index is 2.06. The molecule has 76 valence electrons. The van der Waals surface area contributed by atoms with E-state index in [0.29, 0.717) is 6.10 Å². The summed E-state index contributed by atoms with van der Waals surface area (Å²) in [5.74, 6) is 0. The van der Waals surface area contributed by atoms with Gasteiger partial charge in [-0.3, -0.25) is 0 Å². The van der Waals surface area contributed by atoms with E-state index in [9.17, 15) is 0 Å². The van der Waals surface area contributed by atoms with Crippen molar-refractivity contribution in [2.45, 2.75) is 50.7 Å². The first-order valence-electron chi connectivity index (χ1n) is 5.31. The van der Waals surface area contributed by atoms with Crippen LogP contribution >= 0.6 is 0 Å². The lowest BCUT2D eigenvalue weighted by molar-refractivity contribution is 0.00919. The largest absolute Gasteiger partial charge is 0.378 e. The zero-order chi connectivity index (χ0) is 9.52. The van der Waals surface area contributed by atoms with E-state index in [-0.39, 0.29) is 6.04 Å². The highest BCUT2D eigenvalue weighted by atomic mass is 16.5. The van der Waals surface area contributed by atoms with Crippen molar-refractivity contribution < 1.29 is 4.74 Å². The molecule has 0 amide bonds. The molecule has 0 radical (unpaired) electrons. The summed E-state index contributed by atoms with van der Waals surface area (Å²) in [6.07, 6.45) is 9.26. The van der Waals surface area contributed by atoms with Crippen LogP contribution in [0.2, 0.25) is 0 Å². The first kappa shape index (κ1) is 10.7. The van der Waals surface area contributed by atoms with Gasteiger partial charge in [0.1, 0.15) is 0 Å². The maximum atomic E-state index is 5.87. The fourth-order valence-corrected chi connectivity index (χ4v) is 1.77. The first-order valence-corrected chi connectivity index (χ1v) is 5.31. The van der Waals surface area contributed by atoms with E-state index in [1.165, 1.54) is 19.3 Å². The highest BCUT2D eigenvalue weighted by Gasteiger charge is 2.14. The van der Waals surface area contributed by atoms with Crippen LogP contribution in [0, 0.1) is 0 Å². The summed E-state index contributed by atoms with van der Waals surface area (Å²) in [5.41, 5.74) is 5.87. The molecule has 0 bridgehead atoms. The Morgan fingerprint density at radius 3 is 3.00 bits per heavy atom. The van der Waals surface area contributed by atoms with E-state index >= 15 is 0 Å². The average Bonchev–Trinajstić information content (AvgIpc) is 2.17. The Kier molecular flexibility index (Phi) is 5.09. The molecule has 2 unspecified atom stereocenters. The van der Waals surface area contributed by atoms with Gasteiger partial charge in [-0.1, -0.05) is 6.08 Å². The lowest BCUT2D eigenvalue weighted by Crippen LogP contribution is -2.24. The minimum atomic E-state index is 0.281. The molecule has 2 heteroatoms. The third-order valence-electron chi connectivity index (χ3n) is 2.60. The molecule has 2 nitrogen and oxygen atoms in total. The molecule has 2 N–H and O–H groups in total. The maximum absolute atomic E-state index is 5.87. The fourth-order valence-electron chi connectivity index (χ4n) is 1.77. The number of nitrogens with two attached hydrogens (primary N) is 1. The molecule has 0 aromatic heterocycles. The van der Waals surface area contributed by atoms with Crippen LogP contribution in [0.1, 0.15) is 38.5 Å². The molecule has 1 saturated heterocycles. The van der Waals surface area contributed by atoms with Gasteiger partial charge in [0.05, 0.1) is 6.10 Å². The van der Waals surface area contributed by atoms with E-state index in [2.05, 4.69) is 6.58 Å². The van der Waals surface area contributed by atoms with Crippen molar-refractivity contribution in [3.05, 3.63) is 12.7 Å². The Morgan fingerprint density at radius 1 is 1.54 bits per heavy atom. The summed E-state index contributed by atoms with van der Waals surface area (Å²) in [6.45, 7) is 4.63. The monoisotopic (exact) mass is 183 g/mol. The maximum Gasteiger partial charge on any atom is 0.0575 e. The van der Waals surface area contributed by atoms with Crippen LogP contribution in [0.4, 0.5) is 0 Å². The molecule has 13 heavy (non-hydrogen) atoms. The SMILES string of the molecule is C=CCC(N)CCC1CCCCO1. The van der Waals surface area contributed by atoms with Gasteiger partial charge >= 0.3 is 0 Å². The molecule has 0 spiro atoms. The van der Waals surface area contributed by atoms with Crippen molar-refractivity contribution in [3.8, 4) is 0 Å². The molecule has 0 aromatic rings. The van der Waals surface area contributed by atoms with Crippen molar-refractivity contribution in [1.29, 1.82) is 0 Å². The quantitative estimate of drug-likeness (QED) is 0.663. The van der Waals surface area contributed by atoms with Crippen LogP contribution in [0.25, 0.3) is 0 Å². The van der Waals surface area contributed by atoms with Gasteiger partial charge in [-0.05, 0) is 38.5 Å². The molecule has 0 saturated carbocycles. The van der Waals surface area contributed by atoms with Crippen LogP contribution in [-0.2, 0) is 4.74 Å². The van der Waals surface area contributed by atoms with E-state index in [1.54, 1.807) is 0 Å². The fraction of sp³-hybridized carbons (Fsp3) is 0.818. The Labute approximate surface area is 81.1 Å². The number of rotatable bonds is 5. The summed E-state index contributed by atoms with van der Waals surface area (Å²) >= 11 is 0. The Hall–Kier alpha value is -0.340. The second kappa shape index (κ2) is 6.17. The first-order chi connectivity index (χ1) is 6.33. The Morgan fingerprint density at radius 2 is 2.38 bits per heavy atom. The van der Waals surface area contributed by atoms with Crippen molar-refractivity contribution in [2.75, 3.05) is 6.61 Å². The van der Waals surface area contributed by atoms with E-state index in [4.69, 9.17) is 10.5 Å². The highest BCUT2D eigenvalue weighted by Crippen LogP contribution is 2.17. The lowest BCUT2D eigenvalue weighted by atomic mass is 10.0. The minimum absolute atomic E-state index is 0.281.